The molecule has 5 rings (SSSR count). The number of amides is 1. The molecule has 2 N–H and O–H groups in total. The van der Waals surface area contributed by atoms with Crippen molar-refractivity contribution in [3.63, 3.8) is 0 Å². The molecule has 1 aliphatic heterocycles. The highest BCUT2D eigenvalue weighted by Crippen LogP contribution is 2.39. The van der Waals surface area contributed by atoms with Crippen LogP contribution in [-0.2, 0) is 4.79 Å². The molecule has 3 aromatic heterocycles. The van der Waals surface area contributed by atoms with Gasteiger partial charge in [0.05, 0.1) is 11.2 Å². The number of hydrogen-bond donors (Lipinski definition) is 1. The Hall–Kier alpha value is -4.60. The first-order valence-electron chi connectivity index (χ1n) is 11.8. The third-order valence-corrected chi connectivity index (χ3v) is 6.47. The van der Waals surface area contributed by atoms with Gasteiger partial charge in [0, 0.05) is 48.2 Å². The molecule has 0 radical (unpaired) electrons. The minimum atomic E-state index is -0.586. The van der Waals surface area contributed by atoms with Crippen molar-refractivity contribution in [2.75, 3.05) is 18.8 Å². The molecule has 1 aromatic carbocycles. The zero-order valence-corrected chi connectivity index (χ0v) is 20.8. The summed E-state index contributed by atoms with van der Waals surface area (Å²) in [5.41, 5.74) is 11.6. The van der Waals surface area contributed by atoms with Crippen LogP contribution in [0.25, 0.3) is 22.3 Å². The van der Waals surface area contributed by atoms with E-state index in [1.165, 1.54) is 24.5 Å². The average Bonchev–Trinajstić information content (AvgIpc) is 3.18. The van der Waals surface area contributed by atoms with Crippen LogP contribution in [0.15, 0.2) is 55.5 Å². The number of fused-ring (bicyclic) bond motifs is 1. The molecule has 0 bridgehead atoms. The second kappa shape index (κ2) is 9.45. The topological polar surface area (TPSA) is 112 Å². The van der Waals surface area contributed by atoms with Crippen LogP contribution in [0.5, 0.6) is 11.8 Å². The molecule has 9 nitrogen and oxygen atoms in total. The number of hydrogen-bond acceptors (Lipinski definition) is 7. The van der Waals surface area contributed by atoms with Gasteiger partial charge >= 0.3 is 6.01 Å². The van der Waals surface area contributed by atoms with E-state index in [0.29, 0.717) is 35.5 Å². The van der Waals surface area contributed by atoms with Crippen LogP contribution in [0, 0.1) is 25.6 Å². The van der Waals surface area contributed by atoms with Crippen molar-refractivity contribution in [2.45, 2.75) is 20.8 Å². The summed E-state index contributed by atoms with van der Waals surface area (Å²) in [5, 5.41) is 0. The minimum Gasteiger partial charge on any atom is -0.421 e. The Morgan fingerprint density at radius 3 is 2.76 bits per heavy atom. The number of nitrogen functional groups attached to an aromatic ring is 1. The maximum absolute atomic E-state index is 15.3. The number of benzene rings is 1. The van der Waals surface area contributed by atoms with Gasteiger partial charge in [-0.1, -0.05) is 19.6 Å². The molecule has 0 spiro atoms. The van der Waals surface area contributed by atoms with Crippen LogP contribution >= 0.6 is 0 Å². The summed E-state index contributed by atoms with van der Waals surface area (Å²) in [6.07, 6.45) is 6.30. The number of anilines is 1. The summed E-state index contributed by atoms with van der Waals surface area (Å²) < 4.78 is 22.8. The maximum Gasteiger partial charge on any atom is 0.322 e. The van der Waals surface area contributed by atoms with Gasteiger partial charge in [0.1, 0.15) is 11.8 Å². The lowest BCUT2D eigenvalue weighted by atomic mass is 9.92. The number of nitrogens with zero attached hydrogens (tertiary/aromatic N) is 6. The fourth-order valence-electron chi connectivity index (χ4n) is 4.72. The van der Waals surface area contributed by atoms with E-state index in [0.717, 1.165) is 16.8 Å². The quantitative estimate of drug-likeness (QED) is 0.405. The SMILES string of the molecule is C=CC(=O)N1CC=C(c2c(C)c3ncnc(N)c3n2-c2ccc(Oc3nccc(C)n3)c(F)c2)C(C)C1. The summed E-state index contributed by atoms with van der Waals surface area (Å²) in [7, 11) is 0. The molecular formula is C27H26FN7O2. The van der Waals surface area contributed by atoms with E-state index >= 15 is 4.39 Å². The fourth-order valence-corrected chi connectivity index (χ4v) is 4.72. The lowest BCUT2D eigenvalue weighted by Gasteiger charge is -2.31. The lowest BCUT2D eigenvalue weighted by molar-refractivity contribution is -0.126. The van der Waals surface area contributed by atoms with E-state index in [2.05, 4.69) is 26.5 Å². The van der Waals surface area contributed by atoms with Gasteiger partial charge in [0.25, 0.3) is 0 Å². The third-order valence-electron chi connectivity index (χ3n) is 6.47. The Morgan fingerprint density at radius 1 is 1.24 bits per heavy atom. The van der Waals surface area contributed by atoms with E-state index < -0.39 is 5.82 Å². The minimum absolute atomic E-state index is 0.000446. The molecule has 0 saturated heterocycles. The first-order valence-corrected chi connectivity index (χ1v) is 11.8. The monoisotopic (exact) mass is 499 g/mol. The number of halogens is 1. The molecule has 37 heavy (non-hydrogen) atoms. The van der Waals surface area contributed by atoms with Gasteiger partial charge in [0.2, 0.25) is 5.91 Å². The smallest absolute Gasteiger partial charge is 0.322 e. The number of carbonyl (C=O) groups is 1. The molecule has 4 heterocycles. The molecule has 1 atom stereocenters. The van der Waals surface area contributed by atoms with E-state index in [9.17, 15) is 4.79 Å². The molecule has 4 aromatic rings. The van der Waals surface area contributed by atoms with Crippen molar-refractivity contribution in [2.24, 2.45) is 5.92 Å². The maximum atomic E-state index is 15.3. The predicted octanol–water partition coefficient (Wildman–Crippen LogP) is 4.39. The van der Waals surface area contributed by atoms with Gasteiger partial charge in [-0.05, 0) is 43.7 Å². The molecule has 10 heteroatoms. The predicted molar refractivity (Wildman–Crippen MR) is 139 cm³/mol. The van der Waals surface area contributed by atoms with Crippen LogP contribution in [0.3, 0.4) is 0 Å². The molecular weight excluding hydrogens is 473 g/mol. The van der Waals surface area contributed by atoms with E-state index in [-0.39, 0.29) is 29.4 Å². The van der Waals surface area contributed by atoms with Crippen LogP contribution in [0.2, 0.25) is 0 Å². The Balaban J connectivity index is 1.64. The Morgan fingerprint density at radius 2 is 2.05 bits per heavy atom. The molecule has 1 aliphatic rings. The zero-order valence-electron chi connectivity index (χ0n) is 20.8. The largest absolute Gasteiger partial charge is 0.421 e. The molecule has 0 aliphatic carbocycles. The van der Waals surface area contributed by atoms with Crippen molar-refractivity contribution in [1.82, 2.24) is 29.4 Å². The highest BCUT2D eigenvalue weighted by molar-refractivity contribution is 5.95. The fraction of sp³-hybridized carbons (Fsp3) is 0.222. The Labute approximate surface area is 213 Å². The zero-order chi connectivity index (χ0) is 26.3. The molecule has 1 amide bonds. The van der Waals surface area contributed by atoms with Gasteiger partial charge in [-0.3, -0.25) is 4.79 Å². The molecule has 188 valence electrons. The van der Waals surface area contributed by atoms with Gasteiger partial charge in [-0.25, -0.2) is 24.3 Å². The third kappa shape index (κ3) is 4.31. The van der Waals surface area contributed by atoms with Crippen LogP contribution in [0.1, 0.15) is 23.9 Å². The standard InChI is InChI=1S/C27H26FN7O2/c1-5-22(36)34-11-9-19(15(2)13-34)24-17(4)23-25(26(29)32-14-31-23)35(24)18-6-7-21(20(28)12-18)37-27-30-10-8-16(3)33-27/h5-10,12,14-15H,1,11,13H2,2-4H3,(H2,29,31,32). The number of rotatable bonds is 5. The van der Waals surface area contributed by atoms with Gasteiger partial charge in [0.15, 0.2) is 17.4 Å². The number of nitrogens with two attached hydrogens (primary N) is 1. The average molecular weight is 500 g/mol. The van der Waals surface area contributed by atoms with Crippen molar-refractivity contribution >= 4 is 28.3 Å². The Kier molecular flexibility index (Phi) is 6.16. The second-order valence-corrected chi connectivity index (χ2v) is 8.97. The van der Waals surface area contributed by atoms with Crippen LogP contribution < -0.4 is 10.5 Å². The van der Waals surface area contributed by atoms with E-state index in [1.807, 2.05) is 24.5 Å². The molecule has 1 unspecified atom stereocenters. The summed E-state index contributed by atoms with van der Waals surface area (Å²) in [4.78, 5) is 30.8. The molecule has 0 fully saturated rings. The number of ether oxygens (including phenoxy) is 1. The van der Waals surface area contributed by atoms with Gasteiger partial charge in [-0.15, -0.1) is 0 Å². The van der Waals surface area contributed by atoms with Crippen LogP contribution in [-0.4, -0.2) is 48.4 Å². The Bertz CT molecular complexity index is 1580. The first kappa shape index (κ1) is 24.1. The highest BCUT2D eigenvalue weighted by atomic mass is 19.1. The van der Waals surface area contributed by atoms with Crippen LogP contribution in [0.4, 0.5) is 10.2 Å². The molecule has 0 saturated carbocycles. The van der Waals surface area contributed by atoms with Crippen molar-refractivity contribution in [3.05, 3.63) is 78.3 Å². The summed E-state index contributed by atoms with van der Waals surface area (Å²) in [6, 6.07) is 6.44. The highest BCUT2D eigenvalue weighted by Gasteiger charge is 2.29. The van der Waals surface area contributed by atoms with Gasteiger partial charge < -0.3 is 19.9 Å². The number of aromatic nitrogens is 5. The van der Waals surface area contributed by atoms with E-state index in [1.54, 1.807) is 30.2 Å². The lowest BCUT2D eigenvalue weighted by Crippen LogP contribution is -2.37. The van der Waals surface area contributed by atoms with Crippen molar-refractivity contribution < 1.29 is 13.9 Å². The number of carbonyl (C=O) groups excluding carboxylic acids is 1. The summed E-state index contributed by atoms with van der Waals surface area (Å²) in [5.74, 6) is -0.431. The van der Waals surface area contributed by atoms with Crippen molar-refractivity contribution in [3.8, 4) is 17.4 Å². The summed E-state index contributed by atoms with van der Waals surface area (Å²) in [6.45, 7) is 10.4. The second-order valence-electron chi connectivity index (χ2n) is 8.97. The number of aryl methyl sites for hydroxylation is 2. The van der Waals surface area contributed by atoms with E-state index in [4.69, 9.17) is 10.5 Å². The normalized spacial score (nSPS) is 15.5. The summed E-state index contributed by atoms with van der Waals surface area (Å²) >= 11 is 0. The van der Waals surface area contributed by atoms with Gasteiger partial charge in [-0.2, -0.15) is 0 Å². The first-order chi connectivity index (χ1) is 17.8. The van der Waals surface area contributed by atoms with Crippen molar-refractivity contribution in [1.29, 1.82) is 0 Å².